The molecular formula is C20H17FN4O2S. The molecule has 0 bridgehead atoms. The van der Waals surface area contributed by atoms with E-state index in [4.69, 9.17) is 4.42 Å². The highest BCUT2D eigenvalue weighted by atomic mass is 32.1. The molecule has 0 unspecified atom stereocenters. The van der Waals surface area contributed by atoms with Gasteiger partial charge in [0.05, 0.1) is 23.1 Å². The van der Waals surface area contributed by atoms with E-state index in [1.807, 2.05) is 13.0 Å². The molecule has 0 aliphatic rings. The molecule has 8 heteroatoms. The second-order valence-electron chi connectivity index (χ2n) is 6.20. The summed E-state index contributed by atoms with van der Waals surface area (Å²) in [5.41, 5.74) is 1.61. The summed E-state index contributed by atoms with van der Waals surface area (Å²) in [5.74, 6) is 0.833. The Morgan fingerprint density at radius 2 is 2.11 bits per heavy atom. The number of benzene rings is 1. The fourth-order valence-electron chi connectivity index (χ4n) is 2.92. The van der Waals surface area contributed by atoms with Gasteiger partial charge >= 0.3 is 0 Å². The standard InChI is InChI=1S/C20H17FN4O2S/c1-12-16-18(22-9-13-4-2-5-14(21)8-13)24-11-25-20(16)28-17(12)19(26)23-10-15-6-3-7-27-15/h2-8,11H,9-10H2,1H3,(H,23,26)(H,22,24,25). The molecule has 2 N–H and O–H groups in total. The van der Waals surface area contributed by atoms with Crippen molar-refractivity contribution >= 4 is 33.3 Å². The number of thiophene rings is 1. The summed E-state index contributed by atoms with van der Waals surface area (Å²) in [6, 6.07) is 9.96. The molecule has 1 amide bonds. The Bertz CT molecular complexity index is 1120. The molecule has 0 atom stereocenters. The lowest BCUT2D eigenvalue weighted by Crippen LogP contribution is -2.22. The molecule has 0 radical (unpaired) electrons. The van der Waals surface area contributed by atoms with Crippen molar-refractivity contribution in [1.82, 2.24) is 15.3 Å². The van der Waals surface area contributed by atoms with Crippen molar-refractivity contribution in [3.63, 3.8) is 0 Å². The molecule has 0 saturated heterocycles. The summed E-state index contributed by atoms with van der Waals surface area (Å²) in [7, 11) is 0. The summed E-state index contributed by atoms with van der Waals surface area (Å²) < 4.78 is 18.6. The van der Waals surface area contributed by atoms with Gasteiger partial charge in [0, 0.05) is 6.54 Å². The van der Waals surface area contributed by atoms with Gasteiger partial charge in [0.2, 0.25) is 0 Å². The van der Waals surface area contributed by atoms with E-state index in [0.717, 1.165) is 21.3 Å². The lowest BCUT2D eigenvalue weighted by Gasteiger charge is -2.08. The van der Waals surface area contributed by atoms with E-state index in [1.54, 1.807) is 24.5 Å². The molecule has 6 nitrogen and oxygen atoms in total. The van der Waals surface area contributed by atoms with Crippen LogP contribution in [0.15, 0.2) is 53.4 Å². The van der Waals surface area contributed by atoms with Crippen LogP contribution in [0, 0.1) is 12.7 Å². The van der Waals surface area contributed by atoms with E-state index >= 15 is 0 Å². The van der Waals surface area contributed by atoms with E-state index in [1.165, 1.54) is 29.8 Å². The van der Waals surface area contributed by atoms with E-state index < -0.39 is 0 Å². The maximum Gasteiger partial charge on any atom is 0.262 e. The number of nitrogens with zero attached hydrogens (tertiary/aromatic N) is 2. The zero-order valence-corrected chi connectivity index (χ0v) is 15.8. The van der Waals surface area contributed by atoms with E-state index in [0.29, 0.717) is 29.5 Å². The number of carbonyl (C=O) groups is 1. The summed E-state index contributed by atoms with van der Waals surface area (Å²) in [5, 5.41) is 6.87. The predicted molar refractivity (Wildman–Crippen MR) is 106 cm³/mol. The number of furan rings is 1. The number of hydrogen-bond donors (Lipinski definition) is 2. The van der Waals surface area contributed by atoms with Crippen molar-refractivity contribution in [2.45, 2.75) is 20.0 Å². The van der Waals surface area contributed by atoms with Gasteiger partial charge in [-0.25, -0.2) is 14.4 Å². The summed E-state index contributed by atoms with van der Waals surface area (Å²) in [6.07, 6.45) is 3.02. The van der Waals surface area contributed by atoms with Gasteiger partial charge in [0.25, 0.3) is 5.91 Å². The number of rotatable bonds is 6. The second kappa shape index (κ2) is 7.77. The molecule has 1 aromatic carbocycles. The number of aryl methyl sites for hydroxylation is 1. The van der Waals surface area contributed by atoms with Crippen LogP contribution in [0.2, 0.25) is 0 Å². The van der Waals surface area contributed by atoms with Gasteiger partial charge in [0.15, 0.2) is 0 Å². The summed E-state index contributed by atoms with van der Waals surface area (Å²) in [6.45, 7) is 2.60. The maximum absolute atomic E-state index is 13.4. The number of anilines is 1. The summed E-state index contributed by atoms with van der Waals surface area (Å²) in [4.78, 5) is 22.5. The highest BCUT2D eigenvalue weighted by molar-refractivity contribution is 7.20. The Kier molecular flexibility index (Phi) is 5.03. The molecule has 3 heterocycles. The van der Waals surface area contributed by atoms with E-state index in [2.05, 4.69) is 20.6 Å². The molecule has 28 heavy (non-hydrogen) atoms. The molecule has 0 aliphatic carbocycles. The normalized spacial score (nSPS) is 10.9. The molecule has 142 valence electrons. The Labute approximate surface area is 164 Å². The highest BCUT2D eigenvalue weighted by Crippen LogP contribution is 2.33. The molecule has 0 fully saturated rings. The molecule has 3 aromatic heterocycles. The Morgan fingerprint density at radius 3 is 2.89 bits per heavy atom. The number of halogens is 1. The predicted octanol–water partition coefficient (Wildman–Crippen LogP) is 4.27. The number of amides is 1. The first-order chi connectivity index (χ1) is 13.6. The minimum atomic E-state index is -0.283. The number of carbonyl (C=O) groups excluding carboxylic acids is 1. The van der Waals surface area contributed by atoms with Crippen molar-refractivity contribution < 1.29 is 13.6 Å². The fourth-order valence-corrected chi connectivity index (χ4v) is 3.98. The number of fused-ring (bicyclic) bond motifs is 1. The zero-order valence-electron chi connectivity index (χ0n) is 15.0. The summed E-state index contributed by atoms with van der Waals surface area (Å²) >= 11 is 1.31. The van der Waals surface area contributed by atoms with Crippen LogP contribution in [-0.2, 0) is 13.1 Å². The molecular weight excluding hydrogens is 379 g/mol. The second-order valence-corrected chi connectivity index (χ2v) is 7.20. The molecule has 4 rings (SSSR count). The van der Waals surface area contributed by atoms with Gasteiger partial charge in [-0.1, -0.05) is 12.1 Å². The Morgan fingerprint density at radius 1 is 1.21 bits per heavy atom. The maximum atomic E-state index is 13.4. The van der Waals surface area contributed by atoms with Crippen LogP contribution in [0.1, 0.15) is 26.6 Å². The largest absolute Gasteiger partial charge is 0.467 e. The molecule has 0 aliphatic heterocycles. The topological polar surface area (TPSA) is 80.1 Å². The van der Waals surface area contributed by atoms with Crippen LogP contribution in [0.5, 0.6) is 0 Å². The Balaban J connectivity index is 1.56. The quantitative estimate of drug-likeness (QED) is 0.509. The fraction of sp³-hybridized carbons (Fsp3) is 0.150. The van der Waals surface area contributed by atoms with Crippen LogP contribution >= 0.6 is 11.3 Å². The van der Waals surface area contributed by atoms with Gasteiger partial charge in [-0.3, -0.25) is 4.79 Å². The van der Waals surface area contributed by atoms with Crippen molar-refractivity contribution in [2.24, 2.45) is 0 Å². The van der Waals surface area contributed by atoms with Crippen LogP contribution in [0.3, 0.4) is 0 Å². The third-order valence-electron chi connectivity index (χ3n) is 4.29. The van der Waals surface area contributed by atoms with Crippen LogP contribution < -0.4 is 10.6 Å². The van der Waals surface area contributed by atoms with Crippen LogP contribution in [-0.4, -0.2) is 15.9 Å². The van der Waals surface area contributed by atoms with Crippen LogP contribution in [0.25, 0.3) is 10.2 Å². The van der Waals surface area contributed by atoms with Gasteiger partial charge in [-0.15, -0.1) is 11.3 Å². The van der Waals surface area contributed by atoms with Crippen molar-refractivity contribution in [2.75, 3.05) is 5.32 Å². The lowest BCUT2D eigenvalue weighted by molar-refractivity contribution is 0.0951. The third kappa shape index (κ3) is 3.72. The van der Waals surface area contributed by atoms with Crippen molar-refractivity contribution in [3.05, 3.63) is 76.6 Å². The van der Waals surface area contributed by atoms with Gasteiger partial charge < -0.3 is 15.1 Å². The van der Waals surface area contributed by atoms with Crippen LogP contribution in [0.4, 0.5) is 10.2 Å². The van der Waals surface area contributed by atoms with Gasteiger partial charge in [0.1, 0.15) is 28.6 Å². The smallest absolute Gasteiger partial charge is 0.262 e. The first-order valence-electron chi connectivity index (χ1n) is 8.65. The Hall–Kier alpha value is -3.26. The minimum Gasteiger partial charge on any atom is -0.467 e. The molecule has 4 aromatic rings. The number of hydrogen-bond acceptors (Lipinski definition) is 6. The van der Waals surface area contributed by atoms with Gasteiger partial charge in [-0.2, -0.15) is 0 Å². The van der Waals surface area contributed by atoms with Crippen molar-refractivity contribution in [1.29, 1.82) is 0 Å². The van der Waals surface area contributed by atoms with E-state index in [9.17, 15) is 9.18 Å². The average Bonchev–Trinajstić information content (AvgIpc) is 3.33. The van der Waals surface area contributed by atoms with E-state index in [-0.39, 0.29) is 11.7 Å². The lowest BCUT2D eigenvalue weighted by atomic mass is 10.2. The number of aromatic nitrogens is 2. The number of nitrogens with one attached hydrogen (secondary N) is 2. The monoisotopic (exact) mass is 396 g/mol. The first-order valence-corrected chi connectivity index (χ1v) is 9.46. The average molecular weight is 396 g/mol. The zero-order chi connectivity index (χ0) is 19.5. The SMILES string of the molecule is Cc1c(C(=O)NCc2ccco2)sc2ncnc(NCc3cccc(F)c3)c12. The molecule has 0 spiro atoms. The van der Waals surface area contributed by atoms with Gasteiger partial charge in [-0.05, 0) is 42.3 Å². The third-order valence-corrected chi connectivity index (χ3v) is 5.48. The van der Waals surface area contributed by atoms with Crippen molar-refractivity contribution in [3.8, 4) is 0 Å². The first kappa shape index (κ1) is 18.1. The minimum absolute atomic E-state index is 0.187. The highest BCUT2D eigenvalue weighted by Gasteiger charge is 2.19. The molecule has 0 saturated carbocycles.